The zero-order chi connectivity index (χ0) is 14.9. The van der Waals surface area contributed by atoms with Crippen molar-refractivity contribution in [2.24, 2.45) is 5.92 Å². The van der Waals surface area contributed by atoms with Crippen molar-refractivity contribution in [1.82, 2.24) is 4.98 Å². The summed E-state index contributed by atoms with van der Waals surface area (Å²) in [4.78, 5) is 4.01. The van der Waals surface area contributed by atoms with Crippen LogP contribution >= 0.6 is 11.6 Å². The van der Waals surface area contributed by atoms with Crippen LogP contribution in [0.2, 0.25) is 5.15 Å². The molecule has 4 heteroatoms. The lowest BCUT2D eigenvalue weighted by atomic mass is 9.88. The first-order chi connectivity index (χ1) is 9.38. The molecule has 0 aliphatic carbocycles. The Morgan fingerprint density at radius 2 is 1.80 bits per heavy atom. The molecule has 0 saturated heterocycles. The number of rotatable bonds is 3. The number of anilines is 1. The monoisotopic (exact) mass is 292 g/mol. The molecule has 1 atom stereocenters. The highest BCUT2D eigenvalue weighted by atomic mass is 35.5. The van der Waals surface area contributed by atoms with Crippen LogP contribution in [0.5, 0.6) is 0 Å². The van der Waals surface area contributed by atoms with E-state index in [9.17, 15) is 4.39 Å². The van der Waals surface area contributed by atoms with Crippen LogP contribution < -0.4 is 5.73 Å². The SMILES string of the molecule is CC(C)[C@@H](C)c1cc(F)cc(-c2cnc(Cl)c(N)c2)c1. The molecule has 0 spiro atoms. The molecule has 0 bridgehead atoms. The van der Waals surface area contributed by atoms with E-state index in [4.69, 9.17) is 17.3 Å². The number of halogens is 2. The second kappa shape index (κ2) is 5.80. The number of aromatic nitrogens is 1. The highest BCUT2D eigenvalue weighted by molar-refractivity contribution is 6.31. The van der Waals surface area contributed by atoms with Gasteiger partial charge in [-0.15, -0.1) is 0 Å². The van der Waals surface area contributed by atoms with E-state index in [0.29, 0.717) is 11.6 Å². The van der Waals surface area contributed by atoms with Crippen molar-refractivity contribution < 1.29 is 4.39 Å². The van der Waals surface area contributed by atoms with Crippen molar-refractivity contribution in [1.29, 1.82) is 0 Å². The molecule has 0 saturated carbocycles. The fraction of sp³-hybridized carbons (Fsp3) is 0.312. The smallest absolute Gasteiger partial charge is 0.151 e. The lowest BCUT2D eigenvalue weighted by Crippen LogP contribution is -2.03. The fourth-order valence-corrected chi connectivity index (χ4v) is 2.15. The molecule has 20 heavy (non-hydrogen) atoms. The van der Waals surface area contributed by atoms with Gasteiger partial charge in [-0.2, -0.15) is 0 Å². The molecule has 0 amide bonds. The largest absolute Gasteiger partial charge is 0.396 e. The van der Waals surface area contributed by atoms with Crippen molar-refractivity contribution in [3.8, 4) is 11.1 Å². The maximum atomic E-state index is 13.8. The zero-order valence-electron chi connectivity index (χ0n) is 11.8. The van der Waals surface area contributed by atoms with E-state index in [-0.39, 0.29) is 16.9 Å². The minimum absolute atomic E-state index is 0.251. The summed E-state index contributed by atoms with van der Waals surface area (Å²) in [5, 5.41) is 0.265. The summed E-state index contributed by atoms with van der Waals surface area (Å²) in [6.07, 6.45) is 1.61. The molecule has 1 aromatic heterocycles. The first-order valence-corrected chi connectivity index (χ1v) is 6.98. The van der Waals surface area contributed by atoms with E-state index >= 15 is 0 Å². The van der Waals surface area contributed by atoms with E-state index in [2.05, 4.69) is 25.8 Å². The summed E-state index contributed by atoms with van der Waals surface area (Å²) in [5.74, 6) is 0.471. The molecule has 2 rings (SSSR count). The van der Waals surface area contributed by atoms with Crippen LogP contribution in [0.15, 0.2) is 30.5 Å². The quantitative estimate of drug-likeness (QED) is 0.819. The number of nitrogens with two attached hydrogens (primary N) is 1. The molecule has 2 N–H and O–H groups in total. The maximum Gasteiger partial charge on any atom is 0.151 e. The highest BCUT2D eigenvalue weighted by Gasteiger charge is 2.13. The number of nitrogens with zero attached hydrogens (tertiary/aromatic N) is 1. The zero-order valence-corrected chi connectivity index (χ0v) is 12.6. The third kappa shape index (κ3) is 3.10. The predicted molar refractivity (Wildman–Crippen MR) is 82.3 cm³/mol. The molecule has 1 aromatic carbocycles. The van der Waals surface area contributed by atoms with Gasteiger partial charge in [0.05, 0.1) is 5.69 Å². The van der Waals surface area contributed by atoms with E-state index in [1.54, 1.807) is 18.3 Å². The Kier molecular flexibility index (Phi) is 4.29. The van der Waals surface area contributed by atoms with Crippen LogP contribution in [0.1, 0.15) is 32.3 Å². The first kappa shape index (κ1) is 14.8. The summed E-state index contributed by atoms with van der Waals surface area (Å²) in [5.41, 5.74) is 8.66. The number of hydrogen-bond acceptors (Lipinski definition) is 2. The van der Waals surface area contributed by atoms with Gasteiger partial charge in [0.2, 0.25) is 0 Å². The van der Waals surface area contributed by atoms with Gasteiger partial charge >= 0.3 is 0 Å². The Bertz CT molecular complexity index is 626. The number of pyridine rings is 1. The summed E-state index contributed by atoms with van der Waals surface area (Å²) < 4.78 is 13.8. The molecular formula is C16H18ClFN2. The van der Waals surface area contributed by atoms with Gasteiger partial charge in [0.15, 0.2) is 5.15 Å². The molecule has 0 unspecified atom stereocenters. The van der Waals surface area contributed by atoms with E-state index < -0.39 is 0 Å². The second-order valence-electron chi connectivity index (χ2n) is 5.41. The topological polar surface area (TPSA) is 38.9 Å². The van der Waals surface area contributed by atoms with E-state index in [1.807, 2.05) is 6.07 Å². The molecule has 2 aromatic rings. The number of hydrogen-bond donors (Lipinski definition) is 1. The molecule has 0 radical (unpaired) electrons. The van der Waals surface area contributed by atoms with Gasteiger partial charge in [0.1, 0.15) is 5.82 Å². The average molecular weight is 293 g/mol. The summed E-state index contributed by atoms with van der Waals surface area (Å²) in [7, 11) is 0. The van der Waals surface area contributed by atoms with Gasteiger partial charge in [-0.05, 0) is 41.2 Å². The fourth-order valence-electron chi connectivity index (χ4n) is 2.05. The summed E-state index contributed by atoms with van der Waals surface area (Å²) in [6.45, 7) is 6.34. The lowest BCUT2D eigenvalue weighted by molar-refractivity contribution is 0.530. The second-order valence-corrected chi connectivity index (χ2v) is 5.77. The van der Waals surface area contributed by atoms with Gasteiger partial charge in [-0.25, -0.2) is 9.37 Å². The van der Waals surface area contributed by atoms with Crippen molar-refractivity contribution in [3.63, 3.8) is 0 Å². The minimum Gasteiger partial charge on any atom is -0.396 e. The predicted octanol–water partition coefficient (Wildman–Crippen LogP) is 4.88. The third-order valence-corrected chi connectivity index (χ3v) is 3.96. The Hall–Kier alpha value is -1.61. The van der Waals surface area contributed by atoms with Crippen LogP contribution in [0, 0.1) is 11.7 Å². The molecule has 2 nitrogen and oxygen atoms in total. The van der Waals surface area contributed by atoms with Crippen molar-refractivity contribution in [3.05, 3.63) is 47.0 Å². The maximum absolute atomic E-state index is 13.8. The standard InChI is InChI=1S/C16H18ClFN2/c1-9(2)10(3)11-4-12(6-14(18)5-11)13-7-15(19)16(17)20-8-13/h4-10H,19H2,1-3H3/t10-/m1/s1. The average Bonchev–Trinajstić information content (AvgIpc) is 2.40. The van der Waals surface area contributed by atoms with Gasteiger partial charge in [-0.3, -0.25) is 0 Å². The number of benzene rings is 1. The van der Waals surface area contributed by atoms with Crippen molar-refractivity contribution in [2.75, 3.05) is 5.73 Å². The van der Waals surface area contributed by atoms with E-state index in [0.717, 1.165) is 16.7 Å². The Labute approximate surface area is 123 Å². The van der Waals surface area contributed by atoms with Crippen molar-refractivity contribution in [2.45, 2.75) is 26.7 Å². The Morgan fingerprint density at radius 1 is 1.10 bits per heavy atom. The highest BCUT2D eigenvalue weighted by Crippen LogP contribution is 2.30. The van der Waals surface area contributed by atoms with Crippen LogP contribution in [-0.4, -0.2) is 4.98 Å². The Morgan fingerprint density at radius 3 is 2.40 bits per heavy atom. The van der Waals surface area contributed by atoms with Crippen LogP contribution in [0.4, 0.5) is 10.1 Å². The van der Waals surface area contributed by atoms with Crippen molar-refractivity contribution >= 4 is 17.3 Å². The molecule has 0 aliphatic rings. The van der Waals surface area contributed by atoms with Gasteiger partial charge in [0.25, 0.3) is 0 Å². The lowest BCUT2D eigenvalue weighted by Gasteiger charge is -2.17. The van der Waals surface area contributed by atoms with Crippen LogP contribution in [0.3, 0.4) is 0 Å². The molecule has 106 valence electrons. The normalized spacial score (nSPS) is 12.7. The van der Waals surface area contributed by atoms with Crippen LogP contribution in [0.25, 0.3) is 11.1 Å². The first-order valence-electron chi connectivity index (χ1n) is 6.60. The molecule has 0 aliphatic heterocycles. The minimum atomic E-state index is -0.251. The van der Waals surface area contributed by atoms with E-state index in [1.165, 1.54) is 6.07 Å². The van der Waals surface area contributed by atoms with Gasteiger partial charge in [0, 0.05) is 11.8 Å². The number of nitrogen functional groups attached to an aromatic ring is 1. The van der Waals surface area contributed by atoms with Gasteiger partial charge in [-0.1, -0.05) is 38.4 Å². The van der Waals surface area contributed by atoms with Crippen LogP contribution in [-0.2, 0) is 0 Å². The molecule has 0 fully saturated rings. The van der Waals surface area contributed by atoms with Gasteiger partial charge < -0.3 is 5.73 Å². The molecule has 1 heterocycles. The summed E-state index contributed by atoms with van der Waals surface area (Å²) in [6, 6.07) is 6.77. The molecular weight excluding hydrogens is 275 g/mol. The Balaban J connectivity index is 2.49. The third-order valence-electron chi connectivity index (χ3n) is 3.65. The summed E-state index contributed by atoms with van der Waals surface area (Å²) >= 11 is 5.81.